The molecule has 74 valence electrons. The van der Waals surface area contributed by atoms with E-state index in [9.17, 15) is 4.79 Å². The van der Waals surface area contributed by atoms with Crippen LogP contribution in [0.1, 0.15) is 0 Å². The summed E-state index contributed by atoms with van der Waals surface area (Å²) < 4.78 is 4.72. The molecule has 5 heteroatoms. The molecule has 0 aromatic carbocycles. The molecule has 0 aromatic heterocycles. The van der Waals surface area contributed by atoms with Gasteiger partial charge in [-0.3, -0.25) is 9.79 Å². The largest absolute Gasteiger partial charge is 0.490 e. The number of aliphatic imine (C=N–C) groups is 1. The minimum Gasteiger partial charge on any atom is -0.490 e. The lowest BCUT2D eigenvalue weighted by Crippen LogP contribution is -2.16. The molecular weight excluding hydrogens is 170 g/mol. The van der Waals surface area contributed by atoms with E-state index >= 15 is 0 Å². The number of rotatable bonds is 6. The minimum absolute atomic E-state index is 0.111. The number of primary amides is 1. The molecule has 0 heterocycles. The summed E-state index contributed by atoms with van der Waals surface area (Å²) in [5.74, 6) is -0.498. The lowest BCUT2D eigenvalue weighted by Gasteiger charge is -2.01. The Morgan fingerprint density at radius 1 is 1.62 bits per heavy atom. The van der Waals surface area contributed by atoms with Gasteiger partial charge in [0.1, 0.15) is 6.26 Å². The van der Waals surface area contributed by atoms with Crippen molar-refractivity contribution in [3.05, 3.63) is 12.5 Å². The highest BCUT2D eigenvalue weighted by molar-refractivity contribution is 5.75. The SMILES string of the molecule is CN(C)C/C=N\C=C\OCC(N)=O. The summed E-state index contributed by atoms with van der Waals surface area (Å²) in [7, 11) is 3.89. The van der Waals surface area contributed by atoms with E-state index in [-0.39, 0.29) is 6.61 Å². The number of ether oxygens (including phenoxy) is 1. The average molecular weight is 185 g/mol. The Morgan fingerprint density at radius 3 is 2.85 bits per heavy atom. The van der Waals surface area contributed by atoms with Crippen LogP contribution in [0.3, 0.4) is 0 Å². The van der Waals surface area contributed by atoms with E-state index in [0.29, 0.717) is 0 Å². The van der Waals surface area contributed by atoms with Crippen molar-refractivity contribution in [2.75, 3.05) is 27.2 Å². The molecule has 0 bridgehead atoms. The fourth-order valence-electron chi connectivity index (χ4n) is 0.480. The normalized spacial score (nSPS) is 11.6. The lowest BCUT2D eigenvalue weighted by molar-refractivity contribution is -0.120. The Bertz CT molecular complexity index is 200. The molecule has 0 saturated heterocycles. The first-order valence-corrected chi connectivity index (χ1v) is 3.84. The molecule has 0 spiro atoms. The molecule has 0 rings (SSSR count). The maximum Gasteiger partial charge on any atom is 0.255 e. The number of carbonyl (C=O) groups is 1. The smallest absolute Gasteiger partial charge is 0.255 e. The number of carbonyl (C=O) groups excluding carboxylic acids is 1. The van der Waals surface area contributed by atoms with Crippen LogP contribution in [0.25, 0.3) is 0 Å². The first-order valence-electron chi connectivity index (χ1n) is 3.84. The molecular formula is C8H15N3O2. The number of nitrogens with two attached hydrogens (primary N) is 1. The highest BCUT2D eigenvalue weighted by Crippen LogP contribution is 1.78. The Hall–Kier alpha value is -1.36. The van der Waals surface area contributed by atoms with Gasteiger partial charge in [-0.1, -0.05) is 0 Å². The summed E-state index contributed by atoms with van der Waals surface area (Å²) in [4.78, 5) is 16.1. The molecule has 0 saturated carbocycles. The van der Waals surface area contributed by atoms with E-state index in [1.54, 1.807) is 6.21 Å². The van der Waals surface area contributed by atoms with Gasteiger partial charge in [0.2, 0.25) is 0 Å². The standard InChI is InChI=1S/C8H15N3O2/c1-11(2)5-3-10-4-6-13-7-8(9)12/h3-4,6H,5,7H2,1-2H3,(H2,9,12)/b6-4+,10-3-. The molecule has 1 amide bonds. The maximum atomic E-state index is 10.2. The monoisotopic (exact) mass is 185 g/mol. The number of hydrogen-bond acceptors (Lipinski definition) is 4. The molecule has 0 radical (unpaired) electrons. The van der Waals surface area contributed by atoms with Crippen molar-refractivity contribution in [3.8, 4) is 0 Å². The van der Waals surface area contributed by atoms with Gasteiger partial charge in [-0.2, -0.15) is 0 Å². The van der Waals surface area contributed by atoms with E-state index in [4.69, 9.17) is 10.5 Å². The van der Waals surface area contributed by atoms with Crippen LogP contribution in [0.15, 0.2) is 17.5 Å². The van der Waals surface area contributed by atoms with Crippen LogP contribution in [-0.4, -0.2) is 44.3 Å². The molecule has 0 atom stereocenters. The fourth-order valence-corrected chi connectivity index (χ4v) is 0.480. The van der Waals surface area contributed by atoms with Crippen LogP contribution in [-0.2, 0) is 9.53 Å². The number of nitrogens with zero attached hydrogens (tertiary/aromatic N) is 2. The zero-order chi connectivity index (χ0) is 10.1. The minimum atomic E-state index is -0.498. The molecule has 0 aliphatic carbocycles. The fraction of sp³-hybridized carbons (Fsp3) is 0.500. The molecule has 0 aliphatic rings. The van der Waals surface area contributed by atoms with Crippen LogP contribution < -0.4 is 5.73 Å². The second-order valence-electron chi connectivity index (χ2n) is 2.66. The van der Waals surface area contributed by atoms with Gasteiger partial charge in [0.15, 0.2) is 6.61 Å². The second-order valence-corrected chi connectivity index (χ2v) is 2.66. The van der Waals surface area contributed by atoms with E-state index in [1.807, 2.05) is 19.0 Å². The lowest BCUT2D eigenvalue weighted by atomic mass is 10.6. The molecule has 0 aliphatic heterocycles. The third-order valence-corrected chi connectivity index (χ3v) is 1.02. The van der Waals surface area contributed by atoms with Crippen molar-refractivity contribution in [2.24, 2.45) is 10.7 Å². The Kier molecular flexibility index (Phi) is 6.53. The first-order chi connectivity index (χ1) is 6.13. The third-order valence-electron chi connectivity index (χ3n) is 1.02. The van der Waals surface area contributed by atoms with E-state index in [2.05, 4.69) is 4.99 Å². The molecule has 2 N–H and O–H groups in total. The van der Waals surface area contributed by atoms with Gasteiger partial charge in [-0.05, 0) is 14.1 Å². The number of amides is 1. The van der Waals surface area contributed by atoms with Crippen LogP contribution in [0, 0.1) is 0 Å². The van der Waals surface area contributed by atoms with Crippen LogP contribution >= 0.6 is 0 Å². The predicted molar refractivity (Wildman–Crippen MR) is 51.3 cm³/mol. The molecule has 5 nitrogen and oxygen atoms in total. The molecule has 0 unspecified atom stereocenters. The van der Waals surface area contributed by atoms with Gasteiger partial charge >= 0.3 is 0 Å². The summed E-state index contributed by atoms with van der Waals surface area (Å²) in [6.45, 7) is 0.653. The first kappa shape index (κ1) is 11.6. The summed E-state index contributed by atoms with van der Waals surface area (Å²) in [5.41, 5.74) is 4.83. The summed E-state index contributed by atoms with van der Waals surface area (Å²) in [6.07, 6.45) is 4.52. The number of hydrogen-bond donors (Lipinski definition) is 1. The van der Waals surface area contributed by atoms with E-state index in [0.717, 1.165) is 6.54 Å². The second kappa shape index (κ2) is 7.30. The quantitative estimate of drug-likeness (QED) is 0.452. The van der Waals surface area contributed by atoms with Crippen molar-refractivity contribution in [3.63, 3.8) is 0 Å². The van der Waals surface area contributed by atoms with Crippen molar-refractivity contribution in [1.82, 2.24) is 4.90 Å². The molecule has 0 aromatic rings. The van der Waals surface area contributed by atoms with E-state index < -0.39 is 5.91 Å². The molecule has 13 heavy (non-hydrogen) atoms. The van der Waals surface area contributed by atoms with Gasteiger partial charge in [0.05, 0.1) is 6.20 Å². The van der Waals surface area contributed by atoms with Crippen molar-refractivity contribution < 1.29 is 9.53 Å². The third kappa shape index (κ3) is 10.6. The molecule has 0 fully saturated rings. The van der Waals surface area contributed by atoms with E-state index in [1.165, 1.54) is 12.5 Å². The van der Waals surface area contributed by atoms with Gasteiger partial charge in [-0.25, -0.2) is 0 Å². The summed E-state index contributed by atoms with van der Waals surface area (Å²) >= 11 is 0. The van der Waals surface area contributed by atoms with Crippen molar-refractivity contribution >= 4 is 12.1 Å². The van der Waals surface area contributed by atoms with Gasteiger partial charge < -0.3 is 15.4 Å². The zero-order valence-electron chi connectivity index (χ0n) is 7.93. The van der Waals surface area contributed by atoms with Crippen LogP contribution in [0.5, 0.6) is 0 Å². The zero-order valence-corrected chi connectivity index (χ0v) is 7.93. The Balaban J connectivity index is 3.40. The highest BCUT2D eigenvalue weighted by atomic mass is 16.5. The average Bonchev–Trinajstić information content (AvgIpc) is 2.01. The summed E-state index contributed by atoms with van der Waals surface area (Å²) in [6, 6.07) is 0. The highest BCUT2D eigenvalue weighted by Gasteiger charge is 1.87. The van der Waals surface area contributed by atoms with Crippen molar-refractivity contribution in [2.45, 2.75) is 0 Å². The Labute approximate surface area is 77.9 Å². The van der Waals surface area contributed by atoms with Gasteiger partial charge in [0, 0.05) is 12.8 Å². The Morgan fingerprint density at radius 2 is 2.31 bits per heavy atom. The van der Waals surface area contributed by atoms with Crippen molar-refractivity contribution in [1.29, 1.82) is 0 Å². The predicted octanol–water partition coefficient (Wildman–Crippen LogP) is -0.408. The summed E-state index contributed by atoms with van der Waals surface area (Å²) in [5, 5.41) is 0. The van der Waals surface area contributed by atoms with Gasteiger partial charge in [-0.15, -0.1) is 0 Å². The maximum absolute atomic E-state index is 10.2. The topological polar surface area (TPSA) is 67.9 Å². The van der Waals surface area contributed by atoms with Crippen LogP contribution in [0.4, 0.5) is 0 Å². The van der Waals surface area contributed by atoms with Gasteiger partial charge in [0.25, 0.3) is 5.91 Å². The van der Waals surface area contributed by atoms with Crippen LogP contribution in [0.2, 0.25) is 0 Å².